The van der Waals surface area contributed by atoms with Crippen LogP contribution in [0.3, 0.4) is 0 Å². The maximum Gasteiger partial charge on any atom is 0.227 e. The molecule has 3 N–H and O–H groups in total. The molecule has 3 nitrogen and oxygen atoms in total. The summed E-state index contributed by atoms with van der Waals surface area (Å²) >= 11 is 3.04. The van der Waals surface area contributed by atoms with Gasteiger partial charge in [0.15, 0.2) is 5.82 Å². The molecule has 20 heavy (non-hydrogen) atoms. The molecule has 0 aliphatic heterocycles. The fraction of sp³-hybridized carbons (Fsp3) is 0.500. The lowest BCUT2D eigenvalue weighted by atomic mass is 10.0. The van der Waals surface area contributed by atoms with Gasteiger partial charge in [-0.3, -0.25) is 4.79 Å². The summed E-state index contributed by atoms with van der Waals surface area (Å²) in [5.41, 5.74) is 5.61. The average molecular weight is 349 g/mol. The standard InChI is InChI=1S/C14H19BrF2N2O/c1-8(4-3-5-9(2)18)14(20)19-13-11(15)6-10(16)7-12(13)17/h6-9H,3-5,18H2,1-2H3,(H,19,20). The highest BCUT2D eigenvalue weighted by atomic mass is 79.9. The molecule has 1 aromatic carbocycles. The number of nitrogens with two attached hydrogens (primary N) is 1. The monoisotopic (exact) mass is 348 g/mol. The maximum absolute atomic E-state index is 13.6. The van der Waals surface area contributed by atoms with Crippen molar-refractivity contribution in [3.8, 4) is 0 Å². The lowest BCUT2D eigenvalue weighted by molar-refractivity contribution is -0.119. The van der Waals surface area contributed by atoms with E-state index in [0.717, 1.165) is 25.0 Å². The minimum absolute atomic E-state index is 0.0320. The molecular weight excluding hydrogens is 330 g/mol. The van der Waals surface area contributed by atoms with E-state index in [1.165, 1.54) is 0 Å². The summed E-state index contributed by atoms with van der Waals surface area (Å²) in [7, 11) is 0. The van der Waals surface area contributed by atoms with Gasteiger partial charge < -0.3 is 11.1 Å². The van der Waals surface area contributed by atoms with Crippen molar-refractivity contribution in [3.63, 3.8) is 0 Å². The maximum atomic E-state index is 13.6. The summed E-state index contributed by atoms with van der Waals surface area (Å²) in [6, 6.07) is 1.95. The van der Waals surface area contributed by atoms with Crippen LogP contribution < -0.4 is 11.1 Å². The Kier molecular flexibility index (Phi) is 6.55. The third-order valence-corrected chi connectivity index (χ3v) is 3.62. The van der Waals surface area contributed by atoms with Crippen LogP contribution in [0.4, 0.5) is 14.5 Å². The molecule has 1 amide bonds. The van der Waals surface area contributed by atoms with Crippen LogP contribution in [0.25, 0.3) is 0 Å². The number of nitrogens with one attached hydrogen (secondary N) is 1. The third kappa shape index (κ3) is 5.17. The van der Waals surface area contributed by atoms with Gasteiger partial charge in [0.2, 0.25) is 5.91 Å². The number of halogens is 3. The molecule has 0 bridgehead atoms. The summed E-state index contributed by atoms with van der Waals surface area (Å²) < 4.78 is 26.7. The van der Waals surface area contributed by atoms with Crippen LogP contribution in [-0.4, -0.2) is 11.9 Å². The Morgan fingerprint density at radius 3 is 2.55 bits per heavy atom. The molecule has 0 fully saturated rings. The Balaban J connectivity index is 2.62. The van der Waals surface area contributed by atoms with Gasteiger partial charge >= 0.3 is 0 Å². The van der Waals surface area contributed by atoms with Gasteiger partial charge in [-0.25, -0.2) is 8.78 Å². The number of carbonyl (C=O) groups is 1. The SMILES string of the molecule is CC(N)CCCC(C)C(=O)Nc1c(F)cc(F)cc1Br. The zero-order valence-electron chi connectivity index (χ0n) is 11.6. The van der Waals surface area contributed by atoms with E-state index in [1.807, 2.05) is 6.92 Å². The Bertz CT molecular complexity index is 457. The number of rotatable bonds is 6. The van der Waals surface area contributed by atoms with Crippen LogP contribution in [0.1, 0.15) is 33.1 Å². The number of anilines is 1. The zero-order valence-corrected chi connectivity index (χ0v) is 13.1. The molecular formula is C14H19BrF2N2O. The van der Waals surface area contributed by atoms with Crippen molar-refractivity contribution in [1.29, 1.82) is 0 Å². The second-order valence-electron chi connectivity index (χ2n) is 5.04. The van der Waals surface area contributed by atoms with Gasteiger partial charge in [0.25, 0.3) is 0 Å². The molecule has 2 atom stereocenters. The van der Waals surface area contributed by atoms with E-state index in [4.69, 9.17) is 5.73 Å². The number of hydrogen-bond acceptors (Lipinski definition) is 2. The number of benzene rings is 1. The first-order chi connectivity index (χ1) is 9.31. The van der Waals surface area contributed by atoms with Gasteiger partial charge in [-0.1, -0.05) is 13.3 Å². The Hall–Kier alpha value is -1.01. The van der Waals surface area contributed by atoms with E-state index in [-0.39, 0.29) is 28.0 Å². The predicted octanol–water partition coefficient (Wildman–Crippen LogP) is 3.82. The molecule has 6 heteroatoms. The van der Waals surface area contributed by atoms with Gasteiger partial charge in [0, 0.05) is 22.5 Å². The van der Waals surface area contributed by atoms with Crippen LogP contribution >= 0.6 is 15.9 Å². The van der Waals surface area contributed by atoms with Crippen LogP contribution in [0.5, 0.6) is 0 Å². The molecule has 1 aromatic rings. The fourth-order valence-corrected chi connectivity index (χ4v) is 2.29. The molecule has 0 aliphatic carbocycles. The third-order valence-electron chi connectivity index (χ3n) is 3.00. The van der Waals surface area contributed by atoms with Crippen molar-refractivity contribution in [1.82, 2.24) is 0 Å². The highest BCUT2D eigenvalue weighted by Crippen LogP contribution is 2.27. The summed E-state index contributed by atoms with van der Waals surface area (Å²) in [5, 5.41) is 2.48. The summed E-state index contributed by atoms with van der Waals surface area (Å²) in [6.45, 7) is 3.68. The first-order valence-corrected chi connectivity index (χ1v) is 7.31. The second-order valence-corrected chi connectivity index (χ2v) is 5.90. The Morgan fingerprint density at radius 1 is 1.35 bits per heavy atom. The van der Waals surface area contributed by atoms with E-state index >= 15 is 0 Å². The fourth-order valence-electron chi connectivity index (χ4n) is 1.79. The predicted molar refractivity (Wildman–Crippen MR) is 79.4 cm³/mol. The largest absolute Gasteiger partial charge is 0.328 e. The molecule has 0 spiro atoms. The highest BCUT2D eigenvalue weighted by molar-refractivity contribution is 9.10. The summed E-state index contributed by atoms with van der Waals surface area (Å²) in [4.78, 5) is 12.0. The first-order valence-electron chi connectivity index (χ1n) is 6.52. The Labute approximate surface area is 126 Å². The van der Waals surface area contributed by atoms with Gasteiger partial charge in [0.1, 0.15) is 5.82 Å². The van der Waals surface area contributed by atoms with Crippen LogP contribution in [0.15, 0.2) is 16.6 Å². The summed E-state index contributed by atoms with van der Waals surface area (Å²) in [6.07, 6.45) is 2.35. The number of carbonyl (C=O) groups excluding carboxylic acids is 1. The molecule has 0 saturated carbocycles. The highest BCUT2D eigenvalue weighted by Gasteiger charge is 2.17. The molecule has 0 saturated heterocycles. The van der Waals surface area contributed by atoms with Gasteiger partial charge in [-0.05, 0) is 41.8 Å². The topological polar surface area (TPSA) is 55.1 Å². The molecule has 0 heterocycles. The van der Waals surface area contributed by atoms with Crippen LogP contribution in [0, 0.1) is 17.6 Å². The van der Waals surface area contributed by atoms with Crippen molar-refractivity contribution in [3.05, 3.63) is 28.2 Å². The first kappa shape index (κ1) is 17.0. The quantitative estimate of drug-likeness (QED) is 0.820. The smallest absolute Gasteiger partial charge is 0.227 e. The van der Waals surface area contributed by atoms with Crippen molar-refractivity contribution >= 4 is 27.5 Å². The van der Waals surface area contributed by atoms with Crippen molar-refractivity contribution in [2.75, 3.05) is 5.32 Å². The number of hydrogen-bond donors (Lipinski definition) is 2. The lowest BCUT2D eigenvalue weighted by Crippen LogP contribution is -2.22. The van der Waals surface area contributed by atoms with E-state index in [0.29, 0.717) is 6.42 Å². The molecule has 2 unspecified atom stereocenters. The van der Waals surface area contributed by atoms with Gasteiger partial charge in [-0.2, -0.15) is 0 Å². The van der Waals surface area contributed by atoms with E-state index in [9.17, 15) is 13.6 Å². The molecule has 1 rings (SSSR count). The van der Waals surface area contributed by atoms with Gasteiger partial charge in [-0.15, -0.1) is 0 Å². The molecule has 0 aromatic heterocycles. The minimum Gasteiger partial charge on any atom is -0.328 e. The van der Waals surface area contributed by atoms with Crippen LogP contribution in [-0.2, 0) is 4.79 Å². The van der Waals surface area contributed by atoms with Crippen molar-refractivity contribution in [2.24, 2.45) is 11.7 Å². The van der Waals surface area contributed by atoms with Gasteiger partial charge in [0.05, 0.1) is 5.69 Å². The normalized spacial score (nSPS) is 13.9. The van der Waals surface area contributed by atoms with Crippen molar-refractivity contribution in [2.45, 2.75) is 39.2 Å². The van der Waals surface area contributed by atoms with E-state index in [1.54, 1.807) is 6.92 Å². The number of amides is 1. The molecule has 0 aliphatic rings. The van der Waals surface area contributed by atoms with E-state index in [2.05, 4.69) is 21.2 Å². The lowest BCUT2D eigenvalue weighted by Gasteiger charge is -2.14. The zero-order chi connectivity index (χ0) is 15.3. The van der Waals surface area contributed by atoms with Crippen LogP contribution in [0.2, 0.25) is 0 Å². The Morgan fingerprint density at radius 2 is 2.00 bits per heavy atom. The minimum atomic E-state index is -0.798. The summed E-state index contributed by atoms with van der Waals surface area (Å²) in [5.74, 6) is -2.05. The molecule has 112 valence electrons. The van der Waals surface area contributed by atoms with Crippen molar-refractivity contribution < 1.29 is 13.6 Å². The second kappa shape index (κ2) is 7.69. The van der Waals surface area contributed by atoms with E-state index < -0.39 is 11.6 Å². The molecule has 0 radical (unpaired) electrons. The average Bonchev–Trinajstić information content (AvgIpc) is 2.32.